The van der Waals surface area contributed by atoms with Crippen LogP contribution in [0.4, 0.5) is 0 Å². The second kappa shape index (κ2) is 10.7. The van der Waals surface area contributed by atoms with Gasteiger partial charge in [0.2, 0.25) is 9.84 Å². The van der Waals surface area contributed by atoms with Gasteiger partial charge < -0.3 is 15.5 Å². The molecule has 6 nitrogen and oxygen atoms in total. The summed E-state index contributed by atoms with van der Waals surface area (Å²) < 4.78 is 25.5. The van der Waals surface area contributed by atoms with E-state index in [2.05, 4.69) is 5.32 Å². The van der Waals surface area contributed by atoms with Gasteiger partial charge in [-0.3, -0.25) is 0 Å². The van der Waals surface area contributed by atoms with Crippen molar-refractivity contribution in [1.29, 1.82) is 0 Å². The predicted octanol–water partition coefficient (Wildman–Crippen LogP) is 4.13. The fourth-order valence-electron chi connectivity index (χ4n) is 3.24. The minimum atomic E-state index is -3.71. The van der Waals surface area contributed by atoms with Crippen LogP contribution in [0.1, 0.15) is 34.0 Å². The molecule has 8 heteroatoms. The first-order valence-corrected chi connectivity index (χ1v) is 11.9. The minimum Gasteiger partial charge on any atom is -0.478 e. The number of carbonyl (C=O) groups is 1. The third-order valence-corrected chi connectivity index (χ3v) is 7.06. The molecule has 3 aromatic carbocycles. The first-order valence-electron chi connectivity index (χ1n) is 10.1. The Morgan fingerprint density at radius 2 is 1.59 bits per heavy atom. The Labute approximate surface area is 192 Å². The van der Waals surface area contributed by atoms with E-state index in [0.717, 1.165) is 24.0 Å². The van der Waals surface area contributed by atoms with Gasteiger partial charge in [-0.05, 0) is 79.0 Å². The highest BCUT2D eigenvalue weighted by Crippen LogP contribution is 2.22. The smallest absolute Gasteiger partial charge is 0.335 e. The maximum Gasteiger partial charge on any atom is 0.335 e. The summed E-state index contributed by atoms with van der Waals surface area (Å²) in [6.45, 7) is 1.12. The van der Waals surface area contributed by atoms with Crippen LogP contribution in [0, 0.1) is 0 Å². The summed E-state index contributed by atoms with van der Waals surface area (Å²) >= 11 is 5.94. The molecule has 0 bridgehead atoms. The van der Waals surface area contributed by atoms with Crippen molar-refractivity contribution in [3.8, 4) is 0 Å². The zero-order valence-electron chi connectivity index (χ0n) is 17.2. The van der Waals surface area contributed by atoms with Crippen molar-refractivity contribution in [3.63, 3.8) is 0 Å². The van der Waals surface area contributed by atoms with Gasteiger partial charge in [-0.2, -0.15) is 0 Å². The van der Waals surface area contributed by atoms with Crippen LogP contribution in [0.2, 0.25) is 5.02 Å². The monoisotopic (exact) mass is 473 g/mol. The van der Waals surface area contributed by atoms with Crippen LogP contribution < -0.4 is 5.32 Å². The number of sulfone groups is 1. The molecule has 0 spiro atoms. The largest absolute Gasteiger partial charge is 0.478 e. The molecule has 0 aliphatic heterocycles. The molecule has 3 rings (SSSR count). The lowest BCUT2D eigenvalue weighted by atomic mass is 10.1. The molecule has 0 saturated carbocycles. The number of rotatable bonds is 10. The summed E-state index contributed by atoms with van der Waals surface area (Å²) in [5.74, 6) is -1.10. The fraction of sp³-hybridized carbons (Fsp3) is 0.208. The highest BCUT2D eigenvalue weighted by Gasteiger charge is 2.18. The summed E-state index contributed by atoms with van der Waals surface area (Å²) in [5.41, 5.74) is 1.80. The van der Waals surface area contributed by atoms with Crippen LogP contribution in [-0.4, -0.2) is 37.7 Å². The summed E-state index contributed by atoms with van der Waals surface area (Å²) in [4.78, 5) is 11.1. The third-order valence-electron chi connectivity index (χ3n) is 5.04. The number of halogens is 1. The maximum absolute atomic E-state index is 12.7. The van der Waals surface area contributed by atoms with Crippen molar-refractivity contribution in [2.75, 3.05) is 13.1 Å². The Kier molecular flexibility index (Phi) is 8.04. The number of carboxylic acid groups (broad SMARTS) is 1. The number of hydrogen-bond donors (Lipinski definition) is 3. The zero-order valence-corrected chi connectivity index (χ0v) is 18.8. The lowest BCUT2D eigenvalue weighted by molar-refractivity contribution is 0.0696. The van der Waals surface area contributed by atoms with Crippen molar-refractivity contribution in [2.45, 2.75) is 28.7 Å². The Morgan fingerprint density at radius 1 is 0.969 bits per heavy atom. The predicted molar refractivity (Wildman–Crippen MR) is 123 cm³/mol. The Morgan fingerprint density at radius 3 is 2.19 bits per heavy atom. The number of nitrogens with one attached hydrogen (secondary N) is 1. The van der Waals surface area contributed by atoms with Gasteiger partial charge in [0.05, 0.1) is 21.5 Å². The van der Waals surface area contributed by atoms with Crippen LogP contribution in [0.5, 0.6) is 0 Å². The molecule has 0 radical (unpaired) electrons. The number of aliphatic hydroxyl groups is 1. The van der Waals surface area contributed by atoms with Crippen LogP contribution >= 0.6 is 11.6 Å². The van der Waals surface area contributed by atoms with Gasteiger partial charge in [-0.25, -0.2) is 13.2 Å². The number of aliphatic hydroxyl groups excluding tert-OH is 1. The number of hydrogen-bond acceptors (Lipinski definition) is 5. The van der Waals surface area contributed by atoms with Crippen LogP contribution in [0.15, 0.2) is 82.6 Å². The zero-order chi connectivity index (χ0) is 23.1. The Bertz CT molecular complexity index is 1160. The minimum absolute atomic E-state index is 0.0352. The number of aryl methyl sites for hydroxylation is 1. The van der Waals surface area contributed by atoms with E-state index >= 15 is 0 Å². The van der Waals surface area contributed by atoms with Crippen LogP contribution in [-0.2, 0) is 16.3 Å². The maximum atomic E-state index is 12.7. The van der Waals surface area contributed by atoms with Crippen molar-refractivity contribution in [3.05, 3.63) is 94.5 Å². The number of carboxylic acids is 1. The van der Waals surface area contributed by atoms with E-state index in [1.807, 2.05) is 6.07 Å². The summed E-state index contributed by atoms with van der Waals surface area (Å²) in [6, 6.07) is 19.0. The molecule has 0 amide bonds. The van der Waals surface area contributed by atoms with Gasteiger partial charge in [0, 0.05) is 11.6 Å². The van der Waals surface area contributed by atoms with Crippen LogP contribution in [0.25, 0.3) is 0 Å². The standard InChI is InChI=1S/C24H24ClNO5S/c25-20-5-1-4-19(15-20)23(27)16-26-14-2-3-17-6-10-21(11-7-17)32(30,31)22-12-8-18(9-13-22)24(28)29/h1,4-13,15,23,26-27H,2-3,14,16H2,(H,28,29)/t23-/m1/s1. The molecular formula is C24H24ClNO5S. The molecule has 32 heavy (non-hydrogen) atoms. The average Bonchev–Trinajstić information content (AvgIpc) is 2.79. The van der Waals surface area contributed by atoms with E-state index < -0.39 is 21.9 Å². The SMILES string of the molecule is O=C(O)c1ccc(S(=O)(=O)c2ccc(CCCNC[C@@H](O)c3cccc(Cl)c3)cc2)cc1. The summed E-state index contributed by atoms with van der Waals surface area (Å²) in [6.07, 6.45) is 0.946. The lowest BCUT2D eigenvalue weighted by Crippen LogP contribution is -2.22. The molecule has 0 aromatic heterocycles. The first kappa shape index (κ1) is 23.9. The molecular weight excluding hydrogens is 450 g/mol. The first-order chi connectivity index (χ1) is 15.3. The van der Waals surface area contributed by atoms with Gasteiger partial charge in [-0.1, -0.05) is 35.9 Å². The van der Waals surface area contributed by atoms with Gasteiger partial charge in [0.15, 0.2) is 0 Å². The van der Waals surface area contributed by atoms with E-state index in [9.17, 15) is 18.3 Å². The molecule has 1 atom stereocenters. The van der Waals surface area contributed by atoms with E-state index in [-0.39, 0.29) is 15.4 Å². The summed E-state index contributed by atoms with van der Waals surface area (Å²) in [7, 11) is -3.71. The van der Waals surface area contributed by atoms with E-state index in [0.29, 0.717) is 18.1 Å². The van der Waals surface area contributed by atoms with Crippen molar-refractivity contribution >= 4 is 27.4 Å². The van der Waals surface area contributed by atoms with Crippen molar-refractivity contribution in [2.24, 2.45) is 0 Å². The quantitative estimate of drug-likeness (QED) is 0.382. The van der Waals surface area contributed by atoms with Gasteiger partial charge in [0.25, 0.3) is 0 Å². The molecule has 0 aliphatic carbocycles. The molecule has 3 aromatic rings. The molecule has 168 valence electrons. The normalized spacial score (nSPS) is 12.4. The second-order valence-electron chi connectivity index (χ2n) is 7.36. The molecule has 0 heterocycles. The van der Waals surface area contributed by atoms with E-state index in [4.69, 9.17) is 16.7 Å². The van der Waals surface area contributed by atoms with Crippen LogP contribution in [0.3, 0.4) is 0 Å². The Hall–Kier alpha value is -2.71. The molecule has 0 fully saturated rings. The second-order valence-corrected chi connectivity index (χ2v) is 9.74. The van der Waals surface area contributed by atoms with Gasteiger partial charge >= 0.3 is 5.97 Å². The molecule has 0 saturated heterocycles. The topological polar surface area (TPSA) is 104 Å². The lowest BCUT2D eigenvalue weighted by Gasteiger charge is -2.12. The van der Waals surface area contributed by atoms with E-state index in [1.54, 1.807) is 42.5 Å². The van der Waals surface area contributed by atoms with Crippen molar-refractivity contribution in [1.82, 2.24) is 5.32 Å². The fourth-order valence-corrected chi connectivity index (χ4v) is 4.70. The molecule has 3 N–H and O–H groups in total. The van der Waals surface area contributed by atoms with Gasteiger partial charge in [-0.15, -0.1) is 0 Å². The average molecular weight is 474 g/mol. The molecule has 0 aliphatic rings. The Balaban J connectivity index is 1.49. The highest BCUT2D eigenvalue weighted by atomic mass is 35.5. The van der Waals surface area contributed by atoms with Gasteiger partial charge in [0.1, 0.15) is 0 Å². The van der Waals surface area contributed by atoms with Crippen molar-refractivity contribution < 1.29 is 23.4 Å². The van der Waals surface area contributed by atoms with E-state index in [1.165, 1.54) is 24.3 Å². The molecule has 0 unspecified atom stereocenters. The number of aromatic carboxylic acids is 1. The summed E-state index contributed by atoms with van der Waals surface area (Å²) in [5, 5.41) is 22.9. The third kappa shape index (κ3) is 6.17. The number of benzene rings is 3. The highest BCUT2D eigenvalue weighted by molar-refractivity contribution is 7.91.